The van der Waals surface area contributed by atoms with Crippen LogP contribution in [0.5, 0.6) is 0 Å². The van der Waals surface area contributed by atoms with E-state index in [9.17, 15) is 19.7 Å². The Morgan fingerprint density at radius 2 is 2.25 bits per heavy atom. The Balaban J connectivity index is 2.35. The van der Waals surface area contributed by atoms with Crippen LogP contribution in [0.1, 0.15) is 16.1 Å². The summed E-state index contributed by atoms with van der Waals surface area (Å²) >= 11 is 0.959. The average Bonchev–Trinajstić information content (AvgIpc) is 2.81. The van der Waals surface area contributed by atoms with Crippen LogP contribution < -0.4 is 10.2 Å². The molecule has 1 heterocycles. The van der Waals surface area contributed by atoms with Crippen molar-refractivity contribution < 1.29 is 14.8 Å². The van der Waals surface area contributed by atoms with Crippen molar-refractivity contribution in [3.8, 4) is 0 Å². The highest BCUT2D eigenvalue weighted by Gasteiger charge is 2.21. The minimum absolute atomic E-state index is 0.0861. The Morgan fingerprint density at radius 1 is 1.50 bits per heavy atom. The molecule has 1 aromatic heterocycles. The third kappa shape index (κ3) is 2.83. The molecule has 1 aromatic carbocycles. The Labute approximate surface area is 115 Å². The number of anilines is 1. The summed E-state index contributed by atoms with van der Waals surface area (Å²) in [5, 5.41) is 24.2. The van der Waals surface area contributed by atoms with Gasteiger partial charge >= 0.3 is 10.8 Å². The van der Waals surface area contributed by atoms with E-state index >= 15 is 0 Å². The lowest BCUT2D eigenvalue weighted by Crippen LogP contribution is -2.09. The molecular formula is C11H9N3O5S. The van der Waals surface area contributed by atoms with E-state index in [0.29, 0.717) is 5.69 Å². The molecule has 0 aliphatic heterocycles. The molecule has 0 unspecified atom stereocenters. The molecule has 3 N–H and O–H groups in total. The van der Waals surface area contributed by atoms with Crippen LogP contribution in [-0.2, 0) is 6.54 Å². The third-order valence-corrected chi connectivity index (χ3v) is 3.21. The van der Waals surface area contributed by atoms with Crippen molar-refractivity contribution in [2.24, 2.45) is 0 Å². The van der Waals surface area contributed by atoms with E-state index in [2.05, 4.69) is 10.3 Å². The molecule has 8 nitrogen and oxygen atoms in total. The van der Waals surface area contributed by atoms with E-state index in [1.54, 1.807) is 5.38 Å². The number of aromatic nitrogens is 1. The number of benzene rings is 1. The molecule has 2 aromatic rings. The van der Waals surface area contributed by atoms with Crippen LogP contribution in [0.2, 0.25) is 0 Å². The summed E-state index contributed by atoms with van der Waals surface area (Å²) < 4.78 is 0. The quantitative estimate of drug-likeness (QED) is 0.569. The highest BCUT2D eigenvalue weighted by Crippen LogP contribution is 2.28. The first kappa shape index (κ1) is 13.7. The number of nitrogens with zero attached hydrogens (tertiary/aromatic N) is 1. The van der Waals surface area contributed by atoms with Crippen LogP contribution in [0.25, 0.3) is 0 Å². The molecule has 0 fully saturated rings. The van der Waals surface area contributed by atoms with Crippen LogP contribution in [0.3, 0.4) is 0 Å². The smallest absolute Gasteiger partial charge is 0.338 e. The molecule has 0 saturated heterocycles. The van der Waals surface area contributed by atoms with E-state index in [1.807, 2.05) is 0 Å². The fourth-order valence-electron chi connectivity index (χ4n) is 1.64. The monoisotopic (exact) mass is 295 g/mol. The van der Waals surface area contributed by atoms with Gasteiger partial charge in [-0.15, -0.1) is 0 Å². The van der Waals surface area contributed by atoms with Crippen molar-refractivity contribution in [1.82, 2.24) is 4.98 Å². The Morgan fingerprint density at radius 3 is 2.80 bits per heavy atom. The van der Waals surface area contributed by atoms with Crippen LogP contribution in [0.4, 0.5) is 11.4 Å². The SMILES string of the molecule is O=C(O)c1cccc([N+](=O)[O-])c1NCc1csc(=O)[nH]1. The average molecular weight is 295 g/mol. The van der Waals surface area contributed by atoms with E-state index in [0.717, 1.165) is 11.3 Å². The minimum Gasteiger partial charge on any atom is -0.478 e. The largest absolute Gasteiger partial charge is 0.478 e. The number of rotatable bonds is 5. The van der Waals surface area contributed by atoms with Crippen molar-refractivity contribution in [2.45, 2.75) is 6.54 Å². The summed E-state index contributed by atoms with van der Waals surface area (Å²) in [5.74, 6) is -1.27. The molecule has 0 spiro atoms. The number of H-pyrrole nitrogens is 1. The maximum Gasteiger partial charge on any atom is 0.338 e. The van der Waals surface area contributed by atoms with Gasteiger partial charge in [-0.1, -0.05) is 17.4 Å². The van der Waals surface area contributed by atoms with Crippen molar-refractivity contribution in [3.05, 3.63) is 54.6 Å². The summed E-state index contributed by atoms with van der Waals surface area (Å²) in [4.78, 5) is 34.6. The summed E-state index contributed by atoms with van der Waals surface area (Å²) in [7, 11) is 0. The molecule has 0 atom stereocenters. The van der Waals surface area contributed by atoms with Crippen LogP contribution in [-0.4, -0.2) is 21.0 Å². The van der Waals surface area contributed by atoms with E-state index in [4.69, 9.17) is 5.11 Å². The summed E-state index contributed by atoms with van der Waals surface area (Å²) in [6, 6.07) is 3.79. The first-order valence-corrected chi connectivity index (χ1v) is 6.28. The number of aromatic amines is 1. The Kier molecular flexibility index (Phi) is 3.80. The zero-order valence-electron chi connectivity index (χ0n) is 9.95. The van der Waals surface area contributed by atoms with Gasteiger partial charge in [-0.2, -0.15) is 0 Å². The molecule has 0 radical (unpaired) electrons. The number of carbonyl (C=O) groups is 1. The number of thiazole rings is 1. The summed E-state index contributed by atoms with van der Waals surface area (Å²) in [6.07, 6.45) is 0. The van der Waals surface area contributed by atoms with Gasteiger partial charge < -0.3 is 15.4 Å². The zero-order chi connectivity index (χ0) is 14.7. The number of carboxylic acids is 1. The molecule has 0 aliphatic rings. The lowest BCUT2D eigenvalue weighted by atomic mass is 10.1. The van der Waals surface area contributed by atoms with E-state index in [1.165, 1.54) is 18.2 Å². The summed E-state index contributed by atoms with van der Waals surface area (Å²) in [6.45, 7) is 0.0872. The van der Waals surface area contributed by atoms with Crippen LogP contribution in [0, 0.1) is 10.1 Å². The fraction of sp³-hybridized carbons (Fsp3) is 0.0909. The lowest BCUT2D eigenvalue weighted by Gasteiger charge is -2.08. The number of hydrogen-bond donors (Lipinski definition) is 3. The molecule has 0 aliphatic carbocycles. The van der Waals surface area contributed by atoms with Crippen LogP contribution in [0.15, 0.2) is 28.4 Å². The first-order valence-electron chi connectivity index (χ1n) is 5.40. The van der Waals surface area contributed by atoms with Gasteiger partial charge in [0.05, 0.1) is 17.0 Å². The number of para-hydroxylation sites is 1. The van der Waals surface area contributed by atoms with Gasteiger partial charge in [0.1, 0.15) is 5.69 Å². The van der Waals surface area contributed by atoms with E-state index in [-0.39, 0.29) is 28.4 Å². The number of hydrogen-bond acceptors (Lipinski definition) is 6. The van der Waals surface area contributed by atoms with Crippen molar-refractivity contribution in [1.29, 1.82) is 0 Å². The number of aromatic carboxylic acids is 1. The number of carboxylic acid groups (broad SMARTS) is 1. The maximum absolute atomic E-state index is 11.1. The molecule has 0 amide bonds. The second kappa shape index (κ2) is 5.53. The van der Waals surface area contributed by atoms with E-state index < -0.39 is 10.9 Å². The Bertz CT molecular complexity index is 689. The molecule has 20 heavy (non-hydrogen) atoms. The Hall–Kier alpha value is -2.68. The molecule has 104 valence electrons. The van der Waals surface area contributed by atoms with Crippen LogP contribution >= 0.6 is 11.3 Å². The second-order valence-corrected chi connectivity index (χ2v) is 4.63. The van der Waals surface area contributed by atoms with Gasteiger partial charge in [0.2, 0.25) is 0 Å². The van der Waals surface area contributed by atoms with Gasteiger partial charge in [-0.05, 0) is 6.07 Å². The third-order valence-electron chi connectivity index (χ3n) is 2.50. The first-order chi connectivity index (χ1) is 9.49. The fourth-order valence-corrected chi connectivity index (χ4v) is 2.22. The maximum atomic E-state index is 11.1. The normalized spacial score (nSPS) is 10.2. The number of nitro groups is 1. The van der Waals surface area contributed by atoms with Crippen molar-refractivity contribution >= 4 is 28.7 Å². The second-order valence-electron chi connectivity index (χ2n) is 3.79. The minimum atomic E-state index is -1.27. The van der Waals surface area contributed by atoms with Gasteiger partial charge in [0, 0.05) is 17.1 Å². The predicted molar refractivity (Wildman–Crippen MR) is 72.3 cm³/mol. The standard InChI is InChI=1S/C11H9N3O5S/c15-10(16)7-2-1-3-8(14(18)19)9(7)12-4-6-5-20-11(17)13-6/h1-3,5,12H,4H2,(H,13,17)(H,15,16). The van der Waals surface area contributed by atoms with Gasteiger partial charge in [0.15, 0.2) is 0 Å². The number of nitro benzene ring substituents is 1. The van der Waals surface area contributed by atoms with Gasteiger partial charge in [-0.3, -0.25) is 14.9 Å². The zero-order valence-corrected chi connectivity index (χ0v) is 10.8. The van der Waals surface area contributed by atoms with Crippen molar-refractivity contribution in [3.63, 3.8) is 0 Å². The van der Waals surface area contributed by atoms with Crippen molar-refractivity contribution in [2.75, 3.05) is 5.32 Å². The van der Waals surface area contributed by atoms with Gasteiger partial charge in [0.25, 0.3) is 5.69 Å². The molecule has 0 bridgehead atoms. The lowest BCUT2D eigenvalue weighted by molar-refractivity contribution is -0.384. The topological polar surface area (TPSA) is 125 Å². The summed E-state index contributed by atoms with van der Waals surface area (Å²) in [5.41, 5.74) is -0.0919. The molecular weight excluding hydrogens is 286 g/mol. The predicted octanol–water partition coefficient (Wildman–Crippen LogP) is 1.65. The molecule has 9 heteroatoms. The molecule has 2 rings (SSSR count). The van der Waals surface area contributed by atoms with Gasteiger partial charge in [-0.25, -0.2) is 4.79 Å². The highest BCUT2D eigenvalue weighted by atomic mass is 32.1. The highest BCUT2D eigenvalue weighted by molar-refractivity contribution is 7.07. The molecule has 0 saturated carbocycles. The number of nitrogens with one attached hydrogen (secondary N) is 2.